The number of hydrogen-bond acceptors (Lipinski definition) is 4. The number of fused-ring (bicyclic) bond motifs is 1. The van der Waals surface area contributed by atoms with Crippen LogP contribution < -0.4 is 4.31 Å². The number of sulfonamides is 1. The van der Waals surface area contributed by atoms with Gasteiger partial charge in [0.2, 0.25) is 0 Å². The molecule has 0 N–H and O–H groups in total. The summed E-state index contributed by atoms with van der Waals surface area (Å²) >= 11 is 0. The molecule has 1 unspecified atom stereocenters. The maximum absolute atomic E-state index is 13.5. The van der Waals surface area contributed by atoms with Crippen molar-refractivity contribution >= 4 is 21.6 Å². The number of nitrogens with zero attached hydrogens (tertiary/aromatic N) is 3. The van der Waals surface area contributed by atoms with Crippen molar-refractivity contribution in [2.24, 2.45) is 5.92 Å². The maximum Gasteiger partial charge on any atom is 0.264 e. The molecule has 6 nitrogen and oxygen atoms in total. The first-order valence-electron chi connectivity index (χ1n) is 12.9. The number of hydrogen-bond donors (Lipinski definition) is 0. The Morgan fingerprint density at radius 2 is 1.63 bits per heavy atom. The number of amides is 1. The standard InChI is InChI=1S/C30H32FN3O3S/c1-22-8-6-9-23(2)29(22)30(35)33-20-24-18-32(19-25(24)21-33)16-7-17-34(27-14-12-26(31)13-15-27)38(36,37)28-10-4-3-5-11-28/h3-6,8-15,20,25H,7,16-19,21H2,1-2H3. The Labute approximate surface area is 224 Å². The Morgan fingerprint density at radius 1 is 0.947 bits per heavy atom. The van der Waals surface area contributed by atoms with Crippen LogP contribution in [0, 0.1) is 25.6 Å². The van der Waals surface area contributed by atoms with Gasteiger partial charge in [0.05, 0.1) is 10.6 Å². The molecule has 1 fully saturated rings. The van der Waals surface area contributed by atoms with Gasteiger partial charge < -0.3 is 4.90 Å². The van der Waals surface area contributed by atoms with E-state index in [1.165, 1.54) is 34.1 Å². The van der Waals surface area contributed by atoms with Crippen molar-refractivity contribution < 1.29 is 17.6 Å². The maximum atomic E-state index is 13.5. The predicted molar refractivity (Wildman–Crippen MR) is 147 cm³/mol. The molecule has 1 atom stereocenters. The van der Waals surface area contributed by atoms with E-state index in [1.54, 1.807) is 30.3 Å². The minimum atomic E-state index is -3.79. The summed E-state index contributed by atoms with van der Waals surface area (Å²) in [7, 11) is -3.79. The van der Waals surface area contributed by atoms with Crippen LogP contribution in [0.2, 0.25) is 0 Å². The Balaban J connectivity index is 1.24. The third-order valence-corrected chi connectivity index (χ3v) is 9.23. The number of benzene rings is 3. The van der Waals surface area contributed by atoms with Gasteiger partial charge in [-0.05, 0) is 73.4 Å². The zero-order chi connectivity index (χ0) is 26.9. The molecule has 0 radical (unpaired) electrons. The largest absolute Gasteiger partial charge is 0.314 e. The van der Waals surface area contributed by atoms with Crippen molar-refractivity contribution in [1.29, 1.82) is 0 Å². The average Bonchev–Trinajstić information content (AvgIpc) is 3.47. The third-order valence-electron chi connectivity index (χ3n) is 7.39. The topological polar surface area (TPSA) is 60.9 Å². The van der Waals surface area contributed by atoms with Crippen molar-refractivity contribution in [2.45, 2.75) is 25.2 Å². The molecule has 0 saturated carbocycles. The summed E-state index contributed by atoms with van der Waals surface area (Å²) in [6, 6.07) is 19.8. The van der Waals surface area contributed by atoms with Crippen LogP contribution in [0.5, 0.6) is 0 Å². The van der Waals surface area contributed by atoms with E-state index in [0.717, 1.165) is 36.3 Å². The second-order valence-electron chi connectivity index (χ2n) is 10.1. The van der Waals surface area contributed by atoms with E-state index in [2.05, 4.69) is 4.90 Å². The molecule has 3 aromatic carbocycles. The lowest BCUT2D eigenvalue weighted by Gasteiger charge is -2.26. The van der Waals surface area contributed by atoms with Crippen LogP contribution >= 0.6 is 0 Å². The minimum absolute atomic E-state index is 0.0510. The zero-order valence-electron chi connectivity index (χ0n) is 21.7. The van der Waals surface area contributed by atoms with E-state index in [1.807, 2.05) is 43.1 Å². The van der Waals surface area contributed by atoms with Crippen LogP contribution in [0.15, 0.2) is 89.5 Å². The van der Waals surface area contributed by atoms with Crippen LogP contribution in [0.1, 0.15) is 27.9 Å². The first kappa shape index (κ1) is 26.1. The molecule has 1 saturated heterocycles. The molecule has 2 aliphatic heterocycles. The Bertz CT molecular complexity index is 1440. The predicted octanol–water partition coefficient (Wildman–Crippen LogP) is 5.00. The lowest BCUT2D eigenvalue weighted by molar-refractivity contribution is 0.0819. The second-order valence-corrected chi connectivity index (χ2v) is 11.9. The van der Waals surface area contributed by atoms with Gasteiger partial charge in [0, 0.05) is 50.4 Å². The molecule has 3 aromatic rings. The van der Waals surface area contributed by atoms with Gasteiger partial charge in [0.1, 0.15) is 5.82 Å². The lowest BCUT2D eigenvalue weighted by atomic mass is 10.0. The highest BCUT2D eigenvalue weighted by atomic mass is 32.2. The summed E-state index contributed by atoms with van der Waals surface area (Å²) in [6.45, 7) is 7.22. The van der Waals surface area contributed by atoms with Crippen LogP contribution in [0.25, 0.3) is 0 Å². The molecule has 0 bridgehead atoms. The van der Waals surface area contributed by atoms with Crippen LogP contribution in [0.3, 0.4) is 0 Å². The van der Waals surface area contributed by atoms with Gasteiger partial charge in [-0.3, -0.25) is 14.0 Å². The van der Waals surface area contributed by atoms with Crippen molar-refractivity contribution in [1.82, 2.24) is 9.80 Å². The highest BCUT2D eigenvalue weighted by Gasteiger charge is 2.36. The fourth-order valence-electron chi connectivity index (χ4n) is 5.45. The van der Waals surface area contributed by atoms with Gasteiger partial charge in [-0.15, -0.1) is 0 Å². The smallest absolute Gasteiger partial charge is 0.264 e. The number of anilines is 1. The van der Waals surface area contributed by atoms with Crippen LogP contribution in [-0.4, -0.2) is 56.8 Å². The minimum Gasteiger partial charge on any atom is -0.314 e. The van der Waals surface area contributed by atoms with Crippen molar-refractivity contribution in [3.8, 4) is 0 Å². The van der Waals surface area contributed by atoms with E-state index in [4.69, 9.17) is 0 Å². The summed E-state index contributed by atoms with van der Waals surface area (Å²) in [6.07, 6.45) is 2.62. The Hall–Kier alpha value is -3.49. The number of rotatable bonds is 8. The summed E-state index contributed by atoms with van der Waals surface area (Å²) < 4.78 is 41.8. The number of likely N-dealkylation sites (tertiary alicyclic amines) is 1. The molecule has 5 rings (SSSR count). The Morgan fingerprint density at radius 3 is 2.29 bits per heavy atom. The lowest BCUT2D eigenvalue weighted by Crippen LogP contribution is -2.35. The zero-order valence-corrected chi connectivity index (χ0v) is 22.5. The molecular formula is C30H32FN3O3S. The van der Waals surface area contributed by atoms with Gasteiger partial charge >= 0.3 is 0 Å². The first-order valence-corrected chi connectivity index (χ1v) is 14.3. The van der Waals surface area contributed by atoms with Crippen molar-refractivity contribution in [3.63, 3.8) is 0 Å². The van der Waals surface area contributed by atoms with Crippen molar-refractivity contribution in [2.75, 3.05) is 37.0 Å². The monoisotopic (exact) mass is 533 g/mol. The number of aryl methyl sites for hydroxylation is 2. The normalized spacial score (nSPS) is 17.4. The molecule has 0 spiro atoms. The summed E-state index contributed by atoms with van der Waals surface area (Å²) in [5.41, 5.74) is 4.45. The number of halogens is 1. The second kappa shape index (κ2) is 10.7. The SMILES string of the molecule is Cc1cccc(C)c1C(=O)N1C=C2CN(CCCN(c3ccc(F)cc3)S(=O)(=O)c3ccccc3)CC2C1. The van der Waals surface area contributed by atoms with Gasteiger partial charge in [-0.25, -0.2) is 12.8 Å². The summed E-state index contributed by atoms with van der Waals surface area (Å²) in [5, 5.41) is 0. The molecule has 2 aliphatic rings. The molecule has 0 aromatic heterocycles. The van der Waals surface area contributed by atoms with E-state index < -0.39 is 15.8 Å². The van der Waals surface area contributed by atoms with Gasteiger partial charge in [-0.2, -0.15) is 0 Å². The fourth-order valence-corrected chi connectivity index (χ4v) is 6.98. The molecule has 2 heterocycles. The quantitative estimate of drug-likeness (QED) is 0.409. The highest BCUT2D eigenvalue weighted by Crippen LogP contribution is 2.32. The molecule has 0 aliphatic carbocycles. The first-order chi connectivity index (χ1) is 18.2. The Kier molecular flexibility index (Phi) is 7.36. The van der Waals surface area contributed by atoms with Crippen LogP contribution in [0.4, 0.5) is 10.1 Å². The van der Waals surface area contributed by atoms with Gasteiger partial charge in [-0.1, -0.05) is 36.4 Å². The van der Waals surface area contributed by atoms with Gasteiger partial charge in [0.15, 0.2) is 0 Å². The molecule has 198 valence electrons. The molecule has 8 heteroatoms. The molecule has 1 amide bonds. The summed E-state index contributed by atoms with van der Waals surface area (Å²) in [4.78, 5) is 17.6. The van der Waals surface area contributed by atoms with Crippen LogP contribution in [-0.2, 0) is 10.0 Å². The van der Waals surface area contributed by atoms with Gasteiger partial charge in [0.25, 0.3) is 15.9 Å². The number of carbonyl (C=O) groups excluding carboxylic acids is 1. The number of carbonyl (C=O) groups is 1. The third kappa shape index (κ3) is 5.24. The molecular weight excluding hydrogens is 501 g/mol. The van der Waals surface area contributed by atoms with E-state index in [-0.39, 0.29) is 17.3 Å². The van der Waals surface area contributed by atoms with E-state index >= 15 is 0 Å². The van der Waals surface area contributed by atoms with Crippen molar-refractivity contribution in [3.05, 3.63) is 107 Å². The fraction of sp³-hybridized carbons (Fsp3) is 0.300. The highest BCUT2D eigenvalue weighted by molar-refractivity contribution is 7.92. The average molecular weight is 534 g/mol. The molecule has 38 heavy (non-hydrogen) atoms. The van der Waals surface area contributed by atoms with E-state index in [0.29, 0.717) is 24.6 Å². The van der Waals surface area contributed by atoms with E-state index in [9.17, 15) is 17.6 Å². The summed E-state index contributed by atoms with van der Waals surface area (Å²) in [5.74, 6) is -0.0626.